The van der Waals surface area contributed by atoms with Gasteiger partial charge in [-0.2, -0.15) is 0 Å². The molecule has 0 spiro atoms. The molecule has 1 amide bonds. The standard InChI is InChI=1S/C21H23N3O2S/c1-15-23-18(14-27-15)13-26-20-10-6-17(7-11-20)21(25)22-12-16-4-8-19(9-5-16)24(2)3/h4-11,14H,12-13H2,1-3H3,(H,22,25). The Labute approximate surface area is 163 Å². The summed E-state index contributed by atoms with van der Waals surface area (Å²) in [5, 5.41) is 5.96. The molecule has 1 N–H and O–H groups in total. The van der Waals surface area contributed by atoms with Crippen molar-refractivity contribution in [1.82, 2.24) is 10.3 Å². The molecule has 27 heavy (non-hydrogen) atoms. The molecule has 1 aromatic heterocycles. The average Bonchev–Trinajstić information content (AvgIpc) is 3.10. The van der Waals surface area contributed by atoms with Crippen LogP contribution in [0.4, 0.5) is 5.69 Å². The number of anilines is 1. The molecule has 0 fully saturated rings. The Balaban J connectivity index is 1.51. The molecule has 0 saturated carbocycles. The first-order valence-electron chi connectivity index (χ1n) is 8.69. The third kappa shape index (κ3) is 5.31. The number of rotatable bonds is 7. The first-order valence-corrected chi connectivity index (χ1v) is 9.57. The zero-order chi connectivity index (χ0) is 19.2. The van der Waals surface area contributed by atoms with Gasteiger partial charge in [0, 0.05) is 37.3 Å². The summed E-state index contributed by atoms with van der Waals surface area (Å²) in [6.45, 7) is 2.89. The van der Waals surface area contributed by atoms with Crippen LogP contribution in [-0.2, 0) is 13.2 Å². The number of hydrogen-bond donors (Lipinski definition) is 1. The lowest BCUT2D eigenvalue weighted by Crippen LogP contribution is -2.22. The van der Waals surface area contributed by atoms with Crippen molar-refractivity contribution < 1.29 is 9.53 Å². The zero-order valence-corrected chi connectivity index (χ0v) is 16.5. The van der Waals surface area contributed by atoms with E-state index in [2.05, 4.69) is 10.3 Å². The van der Waals surface area contributed by atoms with E-state index in [9.17, 15) is 4.79 Å². The van der Waals surface area contributed by atoms with Crippen LogP contribution in [0.1, 0.15) is 26.6 Å². The Bertz CT molecular complexity index is 887. The van der Waals surface area contributed by atoms with Crippen molar-refractivity contribution in [2.45, 2.75) is 20.1 Å². The normalized spacial score (nSPS) is 10.5. The number of aromatic nitrogens is 1. The summed E-state index contributed by atoms with van der Waals surface area (Å²) >= 11 is 1.61. The number of nitrogens with zero attached hydrogens (tertiary/aromatic N) is 2. The van der Waals surface area contributed by atoms with E-state index in [0.29, 0.717) is 18.7 Å². The van der Waals surface area contributed by atoms with E-state index in [-0.39, 0.29) is 5.91 Å². The number of amides is 1. The van der Waals surface area contributed by atoms with Crippen LogP contribution in [0.3, 0.4) is 0 Å². The van der Waals surface area contributed by atoms with Gasteiger partial charge in [0.2, 0.25) is 0 Å². The van der Waals surface area contributed by atoms with E-state index in [4.69, 9.17) is 4.74 Å². The molecule has 0 atom stereocenters. The van der Waals surface area contributed by atoms with Gasteiger partial charge in [0.05, 0.1) is 10.7 Å². The highest BCUT2D eigenvalue weighted by Gasteiger charge is 2.06. The number of carbonyl (C=O) groups is 1. The Morgan fingerprint density at radius 1 is 1.11 bits per heavy atom. The van der Waals surface area contributed by atoms with Crippen LogP contribution in [0.2, 0.25) is 0 Å². The second kappa shape index (κ2) is 8.68. The average molecular weight is 382 g/mol. The maximum Gasteiger partial charge on any atom is 0.251 e. The first-order chi connectivity index (χ1) is 13.0. The Hall–Kier alpha value is -2.86. The monoisotopic (exact) mass is 381 g/mol. The summed E-state index contributed by atoms with van der Waals surface area (Å²) in [4.78, 5) is 18.7. The lowest BCUT2D eigenvalue weighted by atomic mass is 10.1. The van der Waals surface area contributed by atoms with Crippen LogP contribution < -0.4 is 15.0 Å². The maximum absolute atomic E-state index is 12.3. The smallest absolute Gasteiger partial charge is 0.251 e. The molecule has 0 radical (unpaired) electrons. The van der Waals surface area contributed by atoms with E-state index < -0.39 is 0 Å². The van der Waals surface area contributed by atoms with E-state index in [0.717, 1.165) is 27.7 Å². The number of ether oxygens (including phenoxy) is 1. The summed E-state index contributed by atoms with van der Waals surface area (Å²) < 4.78 is 5.71. The Morgan fingerprint density at radius 2 is 1.81 bits per heavy atom. The Kier molecular flexibility index (Phi) is 6.08. The van der Waals surface area contributed by atoms with Gasteiger partial charge in [-0.25, -0.2) is 4.98 Å². The molecule has 0 saturated heterocycles. The summed E-state index contributed by atoms with van der Waals surface area (Å²) in [5.74, 6) is 0.616. The van der Waals surface area contributed by atoms with Crippen molar-refractivity contribution in [1.29, 1.82) is 0 Å². The van der Waals surface area contributed by atoms with Crippen molar-refractivity contribution >= 4 is 22.9 Å². The van der Waals surface area contributed by atoms with Gasteiger partial charge >= 0.3 is 0 Å². The van der Waals surface area contributed by atoms with E-state index >= 15 is 0 Å². The molecule has 5 nitrogen and oxygen atoms in total. The number of benzene rings is 2. The zero-order valence-electron chi connectivity index (χ0n) is 15.7. The molecule has 140 valence electrons. The molecule has 0 aliphatic heterocycles. The highest BCUT2D eigenvalue weighted by molar-refractivity contribution is 7.09. The van der Waals surface area contributed by atoms with Gasteiger partial charge < -0.3 is 15.0 Å². The fraction of sp³-hybridized carbons (Fsp3) is 0.238. The van der Waals surface area contributed by atoms with Crippen molar-refractivity contribution in [2.75, 3.05) is 19.0 Å². The summed E-state index contributed by atoms with van der Waals surface area (Å²) in [6.07, 6.45) is 0. The number of thiazole rings is 1. The number of carbonyl (C=O) groups excluding carboxylic acids is 1. The Morgan fingerprint density at radius 3 is 2.41 bits per heavy atom. The van der Waals surface area contributed by atoms with Crippen LogP contribution in [0.25, 0.3) is 0 Å². The minimum atomic E-state index is -0.103. The fourth-order valence-electron chi connectivity index (χ4n) is 2.53. The van der Waals surface area contributed by atoms with Crippen LogP contribution in [0, 0.1) is 6.92 Å². The van der Waals surface area contributed by atoms with Crippen molar-refractivity contribution in [2.24, 2.45) is 0 Å². The molecular weight excluding hydrogens is 358 g/mol. The number of nitrogens with one attached hydrogen (secondary N) is 1. The molecule has 3 rings (SSSR count). The molecule has 0 aliphatic carbocycles. The predicted molar refractivity (Wildman–Crippen MR) is 110 cm³/mol. The summed E-state index contributed by atoms with van der Waals surface area (Å²) in [5.41, 5.74) is 3.72. The SMILES string of the molecule is Cc1nc(COc2ccc(C(=O)NCc3ccc(N(C)C)cc3)cc2)cs1. The van der Waals surface area contributed by atoms with Crippen LogP contribution in [0.5, 0.6) is 5.75 Å². The van der Waals surface area contributed by atoms with E-state index in [1.807, 2.05) is 55.6 Å². The first kappa shape index (κ1) is 18.9. The molecule has 0 aliphatic rings. The molecule has 0 unspecified atom stereocenters. The fourth-order valence-corrected chi connectivity index (χ4v) is 3.13. The minimum absolute atomic E-state index is 0.103. The highest BCUT2D eigenvalue weighted by Crippen LogP contribution is 2.16. The number of aryl methyl sites for hydroxylation is 1. The van der Waals surface area contributed by atoms with Gasteiger partial charge in [0.1, 0.15) is 12.4 Å². The van der Waals surface area contributed by atoms with Crippen LogP contribution in [-0.4, -0.2) is 25.0 Å². The molecular formula is C21H23N3O2S. The summed E-state index contributed by atoms with van der Waals surface area (Å²) in [6, 6.07) is 15.3. The lowest BCUT2D eigenvalue weighted by molar-refractivity contribution is 0.0951. The van der Waals surface area contributed by atoms with Gasteiger partial charge in [-0.3, -0.25) is 4.79 Å². The van der Waals surface area contributed by atoms with E-state index in [1.54, 1.807) is 35.6 Å². The van der Waals surface area contributed by atoms with E-state index in [1.165, 1.54) is 0 Å². The summed E-state index contributed by atoms with van der Waals surface area (Å²) in [7, 11) is 4.00. The molecule has 0 bridgehead atoms. The molecule has 3 aromatic rings. The van der Waals surface area contributed by atoms with Crippen LogP contribution >= 0.6 is 11.3 Å². The van der Waals surface area contributed by atoms with Gasteiger partial charge in [0.15, 0.2) is 0 Å². The van der Waals surface area contributed by atoms with Gasteiger partial charge in [-0.15, -0.1) is 11.3 Å². The molecule has 1 heterocycles. The number of hydrogen-bond acceptors (Lipinski definition) is 5. The van der Waals surface area contributed by atoms with Crippen molar-refractivity contribution in [3.8, 4) is 5.75 Å². The van der Waals surface area contributed by atoms with Gasteiger partial charge in [-0.05, 0) is 48.9 Å². The topological polar surface area (TPSA) is 54.5 Å². The third-order valence-electron chi connectivity index (χ3n) is 4.08. The van der Waals surface area contributed by atoms with Crippen molar-refractivity contribution in [3.05, 3.63) is 75.7 Å². The maximum atomic E-state index is 12.3. The van der Waals surface area contributed by atoms with Gasteiger partial charge in [-0.1, -0.05) is 12.1 Å². The highest BCUT2D eigenvalue weighted by atomic mass is 32.1. The molecule has 6 heteroatoms. The lowest BCUT2D eigenvalue weighted by Gasteiger charge is -2.13. The minimum Gasteiger partial charge on any atom is -0.487 e. The predicted octanol–water partition coefficient (Wildman–Crippen LogP) is 4.03. The second-order valence-electron chi connectivity index (χ2n) is 6.41. The third-order valence-corrected chi connectivity index (χ3v) is 4.90. The second-order valence-corrected chi connectivity index (χ2v) is 7.48. The largest absolute Gasteiger partial charge is 0.487 e. The quantitative estimate of drug-likeness (QED) is 0.671. The van der Waals surface area contributed by atoms with Crippen LogP contribution in [0.15, 0.2) is 53.9 Å². The molecule has 2 aromatic carbocycles. The van der Waals surface area contributed by atoms with Crippen molar-refractivity contribution in [3.63, 3.8) is 0 Å². The van der Waals surface area contributed by atoms with Gasteiger partial charge in [0.25, 0.3) is 5.91 Å².